The quantitative estimate of drug-likeness (QED) is 0.732. The van der Waals surface area contributed by atoms with Crippen LogP contribution in [0, 0.1) is 6.92 Å². The lowest BCUT2D eigenvalue weighted by molar-refractivity contribution is 0.276. The highest BCUT2D eigenvalue weighted by atomic mass is 16.3. The first kappa shape index (κ1) is 10.4. The van der Waals surface area contributed by atoms with E-state index in [2.05, 4.69) is 21.3 Å². The van der Waals surface area contributed by atoms with Crippen LogP contribution in [0.3, 0.4) is 0 Å². The largest absolute Gasteiger partial charge is 0.390 e. The Kier molecular flexibility index (Phi) is 3.18. The first-order valence-corrected chi connectivity index (χ1v) is 5.33. The van der Waals surface area contributed by atoms with E-state index < -0.39 is 0 Å². The van der Waals surface area contributed by atoms with Crippen LogP contribution in [-0.4, -0.2) is 36.3 Å². The Morgan fingerprint density at radius 1 is 1.40 bits per heavy atom. The Morgan fingerprint density at radius 3 is 2.80 bits per heavy atom. The fourth-order valence-electron chi connectivity index (χ4n) is 1.90. The highest BCUT2D eigenvalue weighted by molar-refractivity contribution is 5.48. The van der Waals surface area contributed by atoms with Gasteiger partial charge < -0.3 is 15.3 Å². The fraction of sp³-hybridized carbons (Fsp3) is 0.545. The lowest BCUT2D eigenvalue weighted by Crippen LogP contribution is -2.43. The van der Waals surface area contributed by atoms with Gasteiger partial charge in [0.15, 0.2) is 0 Å². The number of anilines is 1. The maximum absolute atomic E-state index is 9.09. The highest BCUT2D eigenvalue weighted by Gasteiger charge is 2.11. The highest BCUT2D eigenvalue weighted by Crippen LogP contribution is 2.17. The van der Waals surface area contributed by atoms with Crippen molar-refractivity contribution in [2.75, 3.05) is 31.1 Å². The predicted octanol–water partition coefficient (Wildman–Crippen LogP) is 0.292. The summed E-state index contributed by atoms with van der Waals surface area (Å²) >= 11 is 0. The van der Waals surface area contributed by atoms with E-state index in [0.717, 1.165) is 37.6 Å². The molecule has 2 heterocycles. The van der Waals surface area contributed by atoms with Gasteiger partial charge in [-0.2, -0.15) is 0 Å². The third-order valence-corrected chi connectivity index (χ3v) is 2.64. The molecule has 0 aromatic carbocycles. The molecule has 0 saturated carbocycles. The van der Waals surface area contributed by atoms with Gasteiger partial charge in [-0.15, -0.1) is 0 Å². The Bertz CT molecular complexity index is 335. The van der Waals surface area contributed by atoms with Crippen molar-refractivity contribution in [1.82, 2.24) is 10.3 Å². The molecule has 15 heavy (non-hydrogen) atoms. The molecule has 4 heteroatoms. The van der Waals surface area contributed by atoms with E-state index in [1.54, 1.807) is 0 Å². The number of rotatable bonds is 2. The molecule has 0 bridgehead atoms. The second-order valence-corrected chi connectivity index (χ2v) is 3.85. The molecule has 1 saturated heterocycles. The van der Waals surface area contributed by atoms with Gasteiger partial charge in [0.2, 0.25) is 0 Å². The first-order chi connectivity index (χ1) is 7.29. The summed E-state index contributed by atoms with van der Waals surface area (Å²) < 4.78 is 0. The molecule has 0 spiro atoms. The van der Waals surface area contributed by atoms with Crippen LogP contribution < -0.4 is 10.2 Å². The second kappa shape index (κ2) is 4.59. The summed E-state index contributed by atoms with van der Waals surface area (Å²) in [5, 5.41) is 12.4. The lowest BCUT2D eigenvalue weighted by atomic mass is 10.2. The number of hydrogen-bond acceptors (Lipinski definition) is 4. The molecule has 0 amide bonds. The summed E-state index contributed by atoms with van der Waals surface area (Å²) in [6.07, 6.45) is 0. The van der Waals surface area contributed by atoms with Crippen molar-refractivity contribution < 1.29 is 5.11 Å². The monoisotopic (exact) mass is 207 g/mol. The van der Waals surface area contributed by atoms with Crippen LogP contribution in [0.2, 0.25) is 0 Å². The smallest absolute Gasteiger partial charge is 0.0853 e. The van der Waals surface area contributed by atoms with E-state index in [1.807, 2.05) is 13.0 Å². The Labute approximate surface area is 89.9 Å². The molecule has 0 radical (unpaired) electrons. The molecular weight excluding hydrogens is 190 g/mol. The number of nitrogens with zero attached hydrogens (tertiary/aromatic N) is 2. The summed E-state index contributed by atoms with van der Waals surface area (Å²) in [6.45, 7) is 6.07. The Morgan fingerprint density at radius 2 is 2.13 bits per heavy atom. The van der Waals surface area contributed by atoms with Crippen molar-refractivity contribution in [3.05, 3.63) is 23.5 Å². The number of nitrogens with one attached hydrogen (secondary N) is 1. The van der Waals surface area contributed by atoms with Crippen LogP contribution in [0.5, 0.6) is 0 Å². The number of aromatic nitrogens is 1. The molecule has 2 N–H and O–H groups in total. The Balaban J connectivity index is 2.22. The van der Waals surface area contributed by atoms with Crippen LogP contribution in [-0.2, 0) is 6.61 Å². The first-order valence-electron chi connectivity index (χ1n) is 5.33. The molecule has 82 valence electrons. The van der Waals surface area contributed by atoms with Crippen molar-refractivity contribution in [2.24, 2.45) is 0 Å². The van der Waals surface area contributed by atoms with Gasteiger partial charge in [0.1, 0.15) is 0 Å². The molecule has 1 fully saturated rings. The number of piperazine rings is 1. The van der Waals surface area contributed by atoms with Gasteiger partial charge in [-0.25, -0.2) is 0 Å². The van der Waals surface area contributed by atoms with Gasteiger partial charge in [-0.1, -0.05) is 0 Å². The van der Waals surface area contributed by atoms with Crippen molar-refractivity contribution >= 4 is 5.69 Å². The molecule has 1 aliphatic heterocycles. The number of pyridine rings is 1. The molecule has 1 aromatic heterocycles. The van der Waals surface area contributed by atoms with Crippen LogP contribution in [0.1, 0.15) is 11.4 Å². The molecule has 1 aromatic rings. The minimum Gasteiger partial charge on any atom is -0.390 e. The zero-order valence-corrected chi connectivity index (χ0v) is 9.03. The van der Waals surface area contributed by atoms with Crippen LogP contribution in [0.4, 0.5) is 5.69 Å². The van der Waals surface area contributed by atoms with Gasteiger partial charge in [0.25, 0.3) is 0 Å². The molecule has 0 unspecified atom stereocenters. The van der Waals surface area contributed by atoms with Gasteiger partial charge in [0.05, 0.1) is 12.3 Å². The maximum atomic E-state index is 9.09. The molecule has 2 rings (SSSR count). The van der Waals surface area contributed by atoms with Gasteiger partial charge in [-0.05, 0) is 19.1 Å². The number of hydrogen-bond donors (Lipinski definition) is 2. The Hall–Kier alpha value is -1.13. The van der Waals surface area contributed by atoms with E-state index in [-0.39, 0.29) is 6.61 Å². The normalized spacial score (nSPS) is 16.8. The van der Waals surface area contributed by atoms with Crippen molar-refractivity contribution in [3.63, 3.8) is 0 Å². The fourth-order valence-corrected chi connectivity index (χ4v) is 1.90. The lowest BCUT2D eigenvalue weighted by Gasteiger charge is -2.29. The number of aliphatic hydroxyl groups is 1. The summed E-state index contributed by atoms with van der Waals surface area (Å²) in [4.78, 5) is 6.58. The van der Waals surface area contributed by atoms with E-state index >= 15 is 0 Å². The third-order valence-electron chi connectivity index (χ3n) is 2.64. The van der Waals surface area contributed by atoms with Crippen LogP contribution in [0.25, 0.3) is 0 Å². The van der Waals surface area contributed by atoms with E-state index in [4.69, 9.17) is 5.11 Å². The van der Waals surface area contributed by atoms with Gasteiger partial charge >= 0.3 is 0 Å². The topological polar surface area (TPSA) is 48.4 Å². The molecule has 4 nitrogen and oxygen atoms in total. The average molecular weight is 207 g/mol. The van der Waals surface area contributed by atoms with Crippen LogP contribution in [0.15, 0.2) is 12.1 Å². The second-order valence-electron chi connectivity index (χ2n) is 3.85. The minimum atomic E-state index is 0.0147. The van der Waals surface area contributed by atoms with Crippen molar-refractivity contribution in [1.29, 1.82) is 0 Å². The molecule has 1 aliphatic rings. The molecular formula is C11H17N3O. The van der Waals surface area contributed by atoms with Gasteiger partial charge in [-0.3, -0.25) is 4.98 Å². The third kappa shape index (κ3) is 2.46. The standard InChI is InChI=1S/C11H17N3O/c1-9-6-11(7-10(8-15)13-9)14-4-2-12-3-5-14/h6-7,12,15H,2-5,8H2,1H3. The number of aryl methyl sites for hydroxylation is 1. The van der Waals surface area contributed by atoms with Crippen molar-refractivity contribution in [3.8, 4) is 0 Å². The number of aliphatic hydroxyl groups excluding tert-OH is 1. The predicted molar refractivity (Wildman–Crippen MR) is 60.0 cm³/mol. The van der Waals surface area contributed by atoms with Crippen LogP contribution >= 0.6 is 0 Å². The van der Waals surface area contributed by atoms with Gasteiger partial charge in [0, 0.05) is 37.6 Å². The van der Waals surface area contributed by atoms with Crippen molar-refractivity contribution in [2.45, 2.75) is 13.5 Å². The zero-order chi connectivity index (χ0) is 10.7. The maximum Gasteiger partial charge on any atom is 0.0853 e. The van der Waals surface area contributed by atoms with E-state index in [1.165, 1.54) is 5.69 Å². The molecule has 0 aliphatic carbocycles. The van der Waals surface area contributed by atoms with E-state index in [9.17, 15) is 0 Å². The summed E-state index contributed by atoms with van der Waals surface area (Å²) in [5.41, 5.74) is 2.90. The average Bonchev–Trinajstić information content (AvgIpc) is 2.29. The zero-order valence-electron chi connectivity index (χ0n) is 9.03. The summed E-state index contributed by atoms with van der Waals surface area (Å²) in [6, 6.07) is 4.04. The summed E-state index contributed by atoms with van der Waals surface area (Å²) in [7, 11) is 0. The minimum absolute atomic E-state index is 0.0147. The molecule has 0 atom stereocenters. The SMILES string of the molecule is Cc1cc(N2CCNCC2)cc(CO)n1. The van der Waals surface area contributed by atoms with E-state index in [0.29, 0.717) is 0 Å². The summed E-state index contributed by atoms with van der Waals surface area (Å²) in [5.74, 6) is 0.